The number of pyridine rings is 1. The molecule has 2 aromatic heterocycles. The fourth-order valence-electron chi connectivity index (χ4n) is 3.06. The average molecular weight is 367 g/mol. The molecule has 0 radical (unpaired) electrons. The van der Waals surface area contributed by atoms with Crippen molar-refractivity contribution >= 4 is 40.2 Å². The second kappa shape index (κ2) is 7.35. The maximum absolute atomic E-state index is 6.45. The van der Waals surface area contributed by atoms with Crippen LogP contribution in [0, 0.1) is 0 Å². The Balaban J connectivity index is 1.64. The highest BCUT2D eigenvalue weighted by atomic mass is 35.5. The van der Waals surface area contributed by atoms with Crippen LogP contribution < -0.4 is 4.90 Å². The molecule has 0 saturated carbocycles. The van der Waals surface area contributed by atoms with Gasteiger partial charge in [0.2, 0.25) is 0 Å². The number of aromatic nitrogens is 3. The molecule has 1 aliphatic rings. The van der Waals surface area contributed by atoms with Crippen molar-refractivity contribution in [3.63, 3.8) is 0 Å². The molecule has 0 unspecified atom stereocenters. The number of hydrogen-bond donors (Lipinski definition) is 0. The number of hydrogen-bond acceptors (Lipinski definition) is 6. The first-order chi connectivity index (χ1) is 12.7. The molecule has 3 aromatic rings. The Morgan fingerprint density at radius 2 is 1.81 bits per heavy atom. The van der Waals surface area contributed by atoms with Gasteiger partial charge in [-0.25, -0.2) is 0 Å². The van der Waals surface area contributed by atoms with Crippen LogP contribution >= 0.6 is 11.6 Å². The molecular formula is C19H19ClN6. The predicted octanol–water partition coefficient (Wildman–Crippen LogP) is 3.18. The Hall–Kier alpha value is -2.57. The van der Waals surface area contributed by atoms with Crippen LogP contribution in [0.5, 0.6) is 0 Å². The minimum Gasteiger partial charge on any atom is -0.366 e. The standard InChI is InChI=1S/C19H19ClN6/c1-25-6-8-26(9-7-25)19-15(20)12-21-13-18(19)24-11-14-2-3-16-17(10-14)23-5-4-22-16/h2-5,10-13H,6-9H2,1H3. The SMILES string of the molecule is CN1CCN(c2c(Cl)cncc2N=Cc2ccc3nccnc3c2)CC1. The van der Waals surface area contributed by atoms with Crippen molar-refractivity contribution in [2.24, 2.45) is 4.99 Å². The van der Waals surface area contributed by atoms with E-state index in [1.807, 2.05) is 24.4 Å². The summed E-state index contributed by atoms with van der Waals surface area (Å²) >= 11 is 6.45. The third-order valence-corrected chi connectivity index (χ3v) is 4.80. The largest absolute Gasteiger partial charge is 0.366 e. The van der Waals surface area contributed by atoms with Gasteiger partial charge in [0.15, 0.2) is 0 Å². The second-order valence-corrected chi connectivity index (χ2v) is 6.75. The number of fused-ring (bicyclic) bond motifs is 1. The molecule has 0 spiro atoms. The Labute approximate surface area is 157 Å². The quantitative estimate of drug-likeness (QED) is 0.666. The van der Waals surface area contributed by atoms with Crippen molar-refractivity contribution in [2.75, 3.05) is 38.1 Å². The van der Waals surface area contributed by atoms with E-state index in [4.69, 9.17) is 11.6 Å². The Morgan fingerprint density at radius 3 is 2.62 bits per heavy atom. The van der Waals surface area contributed by atoms with Gasteiger partial charge >= 0.3 is 0 Å². The molecule has 0 N–H and O–H groups in total. The maximum Gasteiger partial charge on any atom is 0.106 e. The summed E-state index contributed by atoms with van der Waals surface area (Å²) < 4.78 is 0. The molecule has 1 saturated heterocycles. The molecule has 1 fully saturated rings. The lowest BCUT2D eigenvalue weighted by Gasteiger charge is -2.34. The van der Waals surface area contributed by atoms with Crippen molar-refractivity contribution in [3.8, 4) is 0 Å². The zero-order valence-electron chi connectivity index (χ0n) is 14.5. The van der Waals surface area contributed by atoms with E-state index in [9.17, 15) is 0 Å². The van der Waals surface area contributed by atoms with E-state index in [2.05, 4.69) is 36.8 Å². The summed E-state index contributed by atoms with van der Waals surface area (Å²) in [4.78, 5) is 22.1. The lowest BCUT2D eigenvalue weighted by Crippen LogP contribution is -2.44. The first-order valence-corrected chi connectivity index (χ1v) is 8.90. The van der Waals surface area contributed by atoms with Crippen LogP contribution in [0.25, 0.3) is 11.0 Å². The molecule has 26 heavy (non-hydrogen) atoms. The van der Waals surface area contributed by atoms with Gasteiger partial charge in [0.05, 0.1) is 27.9 Å². The fourth-order valence-corrected chi connectivity index (χ4v) is 3.33. The van der Waals surface area contributed by atoms with Crippen LogP contribution in [0.3, 0.4) is 0 Å². The van der Waals surface area contributed by atoms with E-state index in [-0.39, 0.29) is 0 Å². The van der Waals surface area contributed by atoms with Crippen LogP contribution in [0.15, 0.2) is 48.0 Å². The van der Waals surface area contributed by atoms with Gasteiger partial charge in [-0.1, -0.05) is 17.7 Å². The molecule has 132 valence electrons. The number of anilines is 1. The highest BCUT2D eigenvalue weighted by Crippen LogP contribution is 2.35. The van der Waals surface area contributed by atoms with E-state index < -0.39 is 0 Å². The van der Waals surface area contributed by atoms with Gasteiger partial charge in [-0.3, -0.25) is 19.9 Å². The van der Waals surface area contributed by atoms with E-state index in [0.717, 1.165) is 54.2 Å². The lowest BCUT2D eigenvalue weighted by atomic mass is 10.2. The van der Waals surface area contributed by atoms with Crippen LogP contribution in [0.1, 0.15) is 5.56 Å². The van der Waals surface area contributed by atoms with Gasteiger partial charge in [0, 0.05) is 51.0 Å². The summed E-state index contributed by atoms with van der Waals surface area (Å²) in [6.45, 7) is 3.86. The highest BCUT2D eigenvalue weighted by Gasteiger charge is 2.19. The summed E-state index contributed by atoms with van der Waals surface area (Å²) in [5.74, 6) is 0. The highest BCUT2D eigenvalue weighted by molar-refractivity contribution is 6.33. The summed E-state index contributed by atoms with van der Waals surface area (Å²) in [6.07, 6.45) is 8.64. The Kier molecular flexibility index (Phi) is 4.77. The van der Waals surface area contributed by atoms with Gasteiger partial charge < -0.3 is 9.80 Å². The molecule has 1 aliphatic heterocycles. The minimum atomic E-state index is 0.633. The smallest absolute Gasteiger partial charge is 0.106 e. The van der Waals surface area contributed by atoms with Gasteiger partial charge in [0.25, 0.3) is 0 Å². The lowest BCUT2D eigenvalue weighted by molar-refractivity contribution is 0.313. The van der Waals surface area contributed by atoms with Crippen molar-refractivity contribution < 1.29 is 0 Å². The molecule has 1 aromatic carbocycles. The third kappa shape index (κ3) is 3.52. The molecule has 0 bridgehead atoms. The Bertz CT molecular complexity index is 950. The van der Waals surface area contributed by atoms with E-state index in [0.29, 0.717) is 5.02 Å². The van der Waals surface area contributed by atoms with Crippen LogP contribution in [0.2, 0.25) is 5.02 Å². The molecule has 3 heterocycles. The molecule has 0 aliphatic carbocycles. The normalized spacial score (nSPS) is 15.8. The van der Waals surface area contributed by atoms with Gasteiger partial charge in [-0.15, -0.1) is 0 Å². The van der Waals surface area contributed by atoms with E-state index in [1.54, 1.807) is 24.8 Å². The maximum atomic E-state index is 6.45. The Morgan fingerprint density at radius 1 is 1.04 bits per heavy atom. The summed E-state index contributed by atoms with van der Waals surface area (Å²) in [7, 11) is 2.13. The molecule has 6 nitrogen and oxygen atoms in total. The van der Waals surface area contributed by atoms with Crippen molar-refractivity contribution in [1.82, 2.24) is 19.9 Å². The van der Waals surface area contributed by atoms with Crippen LogP contribution in [0.4, 0.5) is 11.4 Å². The van der Waals surface area contributed by atoms with Crippen molar-refractivity contribution in [1.29, 1.82) is 0 Å². The topological polar surface area (TPSA) is 57.5 Å². The fraction of sp³-hybridized carbons (Fsp3) is 0.263. The van der Waals surface area contributed by atoms with Crippen LogP contribution in [-0.4, -0.2) is 59.3 Å². The summed E-state index contributed by atoms with van der Waals surface area (Å²) in [5.41, 5.74) is 4.40. The number of aliphatic imine (C=N–C) groups is 1. The third-order valence-electron chi connectivity index (χ3n) is 4.52. The average Bonchev–Trinajstić information content (AvgIpc) is 2.67. The van der Waals surface area contributed by atoms with Crippen molar-refractivity contribution in [2.45, 2.75) is 0 Å². The number of halogens is 1. The molecule has 7 heteroatoms. The van der Waals surface area contributed by atoms with Gasteiger partial charge in [0.1, 0.15) is 5.69 Å². The van der Waals surface area contributed by atoms with Crippen molar-refractivity contribution in [3.05, 3.63) is 53.6 Å². The van der Waals surface area contributed by atoms with Gasteiger partial charge in [-0.05, 0) is 24.7 Å². The second-order valence-electron chi connectivity index (χ2n) is 6.34. The zero-order chi connectivity index (χ0) is 17.9. The molecule has 4 rings (SSSR count). The summed E-state index contributed by atoms with van der Waals surface area (Å²) in [5, 5.41) is 0.633. The monoisotopic (exact) mass is 366 g/mol. The first-order valence-electron chi connectivity index (χ1n) is 8.52. The number of piperazine rings is 1. The number of rotatable bonds is 3. The van der Waals surface area contributed by atoms with Crippen LogP contribution in [-0.2, 0) is 0 Å². The number of benzene rings is 1. The molecular weight excluding hydrogens is 348 g/mol. The molecule has 0 amide bonds. The number of likely N-dealkylation sites (N-methyl/N-ethyl adjacent to an activating group) is 1. The number of nitrogens with zero attached hydrogens (tertiary/aromatic N) is 6. The summed E-state index contributed by atoms with van der Waals surface area (Å²) in [6, 6.07) is 5.90. The molecule has 0 atom stereocenters. The minimum absolute atomic E-state index is 0.633. The predicted molar refractivity (Wildman–Crippen MR) is 106 cm³/mol. The zero-order valence-corrected chi connectivity index (χ0v) is 15.3. The van der Waals surface area contributed by atoms with Gasteiger partial charge in [-0.2, -0.15) is 0 Å². The van der Waals surface area contributed by atoms with E-state index >= 15 is 0 Å². The van der Waals surface area contributed by atoms with E-state index in [1.165, 1.54) is 0 Å². The first kappa shape index (κ1) is 16.9.